The lowest BCUT2D eigenvalue weighted by atomic mass is 9.96. The number of nitrogens with one attached hydrogen (secondary N) is 1. The molecule has 0 spiro atoms. The third kappa shape index (κ3) is 3.50. The van der Waals surface area contributed by atoms with Crippen molar-refractivity contribution in [1.82, 2.24) is 30.0 Å². The van der Waals surface area contributed by atoms with E-state index < -0.39 is 0 Å². The summed E-state index contributed by atoms with van der Waals surface area (Å²) in [5.74, 6) is 0.902. The minimum atomic E-state index is -0.0107. The van der Waals surface area contributed by atoms with Gasteiger partial charge in [0, 0.05) is 25.4 Å². The Morgan fingerprint density at radius 1 is 1.27 bits per heavy atom. The fourth-order valence-electron chi connectivity index (χ4n) is 3.08. The molecule has 4 rings (SSSR count). The Balaban J connectivity index is 1.34. The van der Waals surface area contributed by atoms with E-state index in [4.69, 9.17) is 0 Å². The van der Waals surface area contributed by atoms with Gasteiger partial charge in [-0.1, -0.05) is 18.3 Å². The molecule has 4 heterocycles. The number of amides is 1. The molecule has 3 aromatic heterocycles. The van der Waals surface area contributed by atoms with Gasteiger partial charge in [0.1, 0.15) is 17.2 Å². The van der Waals surface area contributed by atoms with Gasteiger partial charge in [0.05, 0.1) is 0 Å². The van der Waals surface area contributed by atoms with Gasteiger partial charge in [-0.3, -0.25) is 4.79 Å². The van der Waals surface area contributed by atoms with E-state index in [1.54, 1.807) is 10.8 Å². The molecule has 1 amide bonds. The van der Waals surface area contributed by atoms with Gasteiger partial charge in [-0.05, 0) is 31.4 Å². The van der Waals surface area contributed by atoms with Crippen LogP contribution in [-0.2, 0) is 11.2 Å². The van der Waals surface area contributed by atoms with Gasteiger partial charge in [0.15, 0.2) is 5.65 Å². The highest BCUT2D eigenvalue weighted by Gasteiger charge is 2.26. The molecule has 0 radical (unpaired) electrons. The summed E-state index contributed by atoms with van der Waals surface area (Å²) < 4.78 is 1.66. The predicted molar refractivity (Wildman–Crippen MR) is 98.3 cm³/mol. The Bertz CT molecular complexity index is 898. The van der Waals surface area contributed by atoms with Crippen molar-refractivity contribution in [2.75, 3.05) is 23.3 Å². The molecule has 0 aliphatic carbocycles. The summed E-state index contributed by atoms with van der Waals surface area (Å²) >= 11 is 1.46. The largest absolute Gasteiger partial charge is 0.355 e. The minimum absolute atomic E-state index is 0.0107. The molecule has 1 saturated heterocycles. The zero-order valence-electron chi connectivity index (χ0n) is 14.5. The number of hydrogen-bond donors (Lipinski definition) is 1. The normalized spacial score (nSPS) is 15.5. The second-order valence-electron chi connectivity index (χ2n) is 6.33. The molecule has 0 aromatic carbocycles. The van der Waals surface area contributed by atoms with Gasteiger partial charge >= 0.3 is 0 Å². The maximum absolute atomic E-state index is 12.5. The number of carbonyl (C=O) groups is 1. The summed E-state index contributed by atoms with van der Waals surface area (Å²) in [5.41, 5.74) is 0.725. The van der Waals surface area contributed by atoms with Crippen LogP contribution in [0.5, 0.6) is 0 Å². The Labute approximate surface area is 154 Å². The zero-order valence-corrected chi connectivity index (χ0v) is 15.3. The molecule has 0 saturated carbocycles. The third-order valence-electron chi connectivity index (χ3n) is 4.50. The van der Waals surface area contributed by atoms with E-state index >= 15 is 0 Å². The van der Waals surface area contributed by atoms with Crippen LogP contribution >= 0.6 is 11.3 Å². The molecule has 10 heteroatoms. The van der Waals surface area contributed by atoms with E-state index in [1.807, 2.05) is 12.1 Å². The summed E-state index contributed by atoms with van der Waals surface area (Å²) in [5, 5.41) is 25.0. The first kappa shape index (κ1) is 16.8. The van der Waals surface area contributed by atoms with Crippen LogP contribution < -0.4 is 10.2 Å². The molecule has 1 N–H and O–H groups in total. The van der Waals surface area contributed by atoms with E-state index in [1.165, 1.54) is 11.3 Å². The van der Waals surface area contributed by atoms with Gasteiger partial charge < -0.3 is 10.2 Å². The molecule has 1 fully saturated rings. The van der Waals surface area contributed by atoms with Gasteiger partial charge in [0.2, 0.25) is 11.0 Å². The van der Waals surface area contributed by atoms with Gasteiger partial charge in [-0.2, -0.15) is 4.52 Å². The Morgan fingerprint density at radius 2 is 2.12 bits per heavy atom. The van der Waals surface area contributed by atoms with Crippen LogP contribution in [0.4, 0.5) is 10.9 Å². The van der Waals surface area contributed by atoms with E-state index in [0.29, 0.717) is 5.13 Å². The number of rotatable bonds is 5. The molecule has 3 aromatic rings. The van der Waals surface area contributed by atoms with Crippen LogP contribution in [0.15, 0.2) is 18.5 Å². The molecule has 136 valence electrons. The number of aromatic nitrogens is 6. The van der Waals surface area contributed by atoms with Crippen molar-refractivity contribution in [3.05, 3.63) is 23.5 Å². The first-order valence-electron chi connectivity index (χ1n) is 8.78. The number of carbonyl (C=O) groups excluding carboxylic acids is 1. The molecule has 26 heavy (non-hydrogen) atoms. The Morgan fingerprint density at radius 3 is 2.92 bits per heavy atom. The van der Waals surface area contributed by atoms with E-state index in [2.05, 4.69) is 42.6 Å². The molecule has 0 unspecified atom stereocenters. The maximum Gasteiger partial charge on any atom is 0.229 e. The zero-order chi connectivity index (χ0) is 17.9. The lowest BCUT2D eigenvalue weighted by Gasteiger charge is -2.31. The quantitative estimate of drug-likeness (QED) is 0.728. The average molecular weight is 372 g/mol. The fraction of sp³-hybridized carbons (Fsp3) is 0.500. The number of piperidine rings is 1. The number of aryl methyl sites for hydroxylation is 1. The van der Waals surface area contributed by atoms with E-state index in [0.717, 1.165) is 55.2 Å². The number of hydrogen-bond acceptors (Lipinski definition) is 8. The molecule has 0 atom stereocenters. The molecular weight excluding hydrogens is 352 g/mol. The highest BCUT2D eigenvalue weighted by molar-refractivity contribution is 7.15. The Kier molecular flexibility index (Phi) is 4.74. The lowest BCUT2D eigenvalue weighted by Crippen LogP contribution is -2.38. The SMILES string of the molecule is CCCc1nnc(NC(=O)C2CCN(c3ccc4nncn4n3)CC2)s1. The Hall–Kier alpha value is -2.62. The standard InChI is InChI=1S/C16H20N8OS/c1-2-3-14-20-21-16(26-14)18-15(25)11-6-8-23(9-7-11)13-5-4-12-19-17-10-24(12)22-13/h4-5,10-11H,2-3,6-9H2,1H3,(H,18,21,25). The summed E-state index contributed by atoms with van der Waals surface area (Å²) in [7, 11) is 0. The second-order valence-corrected chi connectivity index (χ2v) is 7.39. The van der Waals surface area contributed by atoms with E-state index in [9.17, 15) is 4.79 Å². The predicted octanol–water partition coefficient (Wildman–Crippen LogP) is 1.78. The fourth-order valence-corrected chi connectivity index (χ4v) is 3.93. The number of nitrogens with zero attached hydrogens (tertiary/aromatic N) is 7. The van der Waals surface area contributed by atoms with E-state index in [-0.39, 0.29) is 11.8 Å². The van der Waals surface area contributed by atoms with Crippen molar-refractivity contribution >= 4 is 33.8 Å². The molecule has 0 bridgehead atoms. The first-order valence-corrected chi connectivity index (χ1v) is 9.60. The van der Waals surface area contributed by atoms with Crippen LogP contribution in [0.2, 0.25) is 0 Å². The van der Waals surface area contributed by atoms with Crippen molar-refractivity contribution < 1.29 is 4.79 Å². The van der Waals surface area contributed by atoms with Crippen LogP contribution in [0.1, 0.15) is 31.2 Å². The highest BCUT2D eigenvalue weighted by Crippen LogP contribution is 2.24. The number of anilines is 2. The second kappa shape index (κ2) is 7.32. The molecule has 9 nitrogen and oxygen atoms in total. The molecular formula is C16H20N8OS. The first-order chi connectivity index (χ1) is 12.7. The lowest BCUT2D eigenvalue weighted by molar-refractivity contribution is -0.120. The van der Waals surface area contributed by atoms with Crippen LogP contribution in [0.25, 0.3) is 5.65 Å². The van der Waals surface area contributed by atoms with Gasteiger partial charge in [0.25, 0.3) is 0 Å². The van der Waals surface area contributed by atoms with Crippen molar-refractivity contribution in [2.24, 2.45) is 5.92 Å². The topological polar surface area (TPSA) is 101 Å². The maximum atomic E-state index is 12.5. The number of fused-ring (bicyclic) bond motifs is 1. The summed E-state index contributed by atoms with van der Waals surface area (Å²) in [6.45, 7) is 3.68. The summed E-state index contributed by atoms with van der Waals surface area (Å²) in [6.07, 6.45) is 5.09. The van der Waals surface area contributed by atoms with Crippen LogP contribution in [0, 0.1) is 5.92 Å². The minimum Gasteiger partial charge on any atom is -0.355 e. The van der Waals surface area contributed by atoms with Gasteiger partial charge in [-0.25, -0.2) is 0 Å². The van der Waals surface area contributed by atoms with Crippen molar-refractivity contribution in [3.8, 4) is 0 Å². The van der Waals surface area contributed by atoms with Gasteiger partial charge in [-0.15, -0.1) is 25.5 Å². The van der Waals surface area contributed by atoms with Crippen LogP contribution in [0.3, 0.4) is 0 Å². The third-order valence-corrected chi connectivity index (χ3v) is 5.40. The van der Waals surface area contributed by atoms with Crippen molar-refractivity contribution in [1.29, 1.82) is 0 Å². The summed E-state index contributed by atoms with van der Waals surface area (Å²) in [4.78, 5) is 14.7. The van der Waals surface area contributed by atoms with Crippen LogP contribution in [-0.4, -0.2) is 49.0 Å². The highest BCUT2D eigenvalue weighted by atomic mass is 32.1. The smallest absolute Gasteiger partial charge is 0.229 e. The molecule has 1 aliphatic rings. The van der Waals surface area contributed by atoms with Crippen molar-refractivity contribution in [3.63, 3.8) is 0 Å². The average Bonchev–Trinajstić information content (AvgIpc) is 3.30. The molecule has 1 aliphatic heterocycles. The summed E-state index contributed by atoms with van der Waals surface area (Å²) in [6, 6.07) is 3.85. The monoisotopic (exact) mass is 372 g/mol. The van der Waals surface area contributed by atoms with Crippen molar-refractivity contribution in [2.45, 2.75) is 32.6 Å².